The van der Waals surface area contributed by atoms with Crippen molar-refractivity contribution in [1.29, 1.82) is 0 Å². The van der Waals surface area contributed by atoms with Crippen LogP contribution >= 0.6 is 0 Å². The van der Waals surface area contributed by atoms with Gasteiger partial charge in [0.05, 0.1) is 32.0 Å². The molecule has 1 heterocycles. The van der Waals surface area contributed by atoms with Crippen LogP contribution in [0.4, 0.5) is 0 Å². The van der Waals surface area contributed by atoms with Crippen molar-refractivity contribution < 1.29 is 23.9 Å². The van der Waals surface area contributed by atoms with Gasteiger partial charge >= 0.3 is 7.12 Å². The number of aliphatic hydroxyl groups is 1. The normalized spacial score (nSPS) is 19.8. The molecule has 0 amide bonds. The van der Waals surface area contributed by atoms with Crippen LogP contribution in [-0.4, -0.2) is 44.3 Å². The van der Waals surface area contributed by atoms with Crippen LogP contribution in [-0.2, 0) is 9.31 Å². The molecule has 2 rings (SSSR count). The molecule has 0 atom stereocenters. The van der Waals surface area contributed by atoms with E-state index in [1.807, 2.05) is 45.9 Å². The Morgan fingerprint density at radius 1 is 1.04 bits per heavy atom. The molecule has 1 aliphatic rings. The lowest BCUT2D eigenvalue weighted by Crippen LogP contribution is -2.41. The monoisotopic (exact) mass is 320 g/mol. The van der Waals surface area contributed by atoms with Gasteiger partial charge in [0, 0.05) is 6.07 Å². The van der Waals surface area contributed by atoms with E-state index in [-0.39, 0.29) is 6.61 Å². The predicted octanol–water partition coefficient (Wildman–Crippen LogP) is 2.71. The molecule has 0 unspecified atom stereocenters. The highest BCUT2D eigenvalue weighted by molar-refractivity contribution is 6.55. The van der Waals surface area contributed by atoms with Gasteiger partial charge in [0.15, 0.2) is 0 Å². The smallest absolute Gasteiger partial charge is 0.492 e. The van der Waals surface area contributed by atoms with Crippen LogP contribution in [0.1, 0.15) is 33.3 Å². The topological polar surface area (TPSA) is 57.2 Å². The molecule has 1 aromatic rings. The standard InChI is InChI=1S/C17H25BO5/c1-16(2)17(3,4)23-18(22-16)13(11-19)7-12-8-14(20-5)10-15(9-12)21-6/h7-10,19H,11H2,1-6H3. The first-order chi connectivity index (χ1) is 10.7. The molecule has 1 N–H and O–H groups in total. The minimum absolute atomic E-state index is 0.156. The highest BCUT2D eigenvalue weighted by Gasteiger charge is 2.52. The second kappa shape index (κ2) is 6.55. The lowest BCUT2D eigenvalue weighted by atomic mass is 9.77. The van der Waals surface area contributed by atoms with Gasteiger partial charge in [-0.25, -0.2) is 0 Å². The number of methoxy groups -OCH3 is 2. The summed E-state index contributed by atoms with van der Waals surface area (Å²) in [5, 5.41) is 9.75. The first-order valence-electron chi connectivity index (χ1n) is 7.62. The number of benzene rings is 1. The van der Waals surface area contributed by atoms with Crippen molar-refractivity contribution in [2.45, 2.75) is 38.9 Å². The molecule has 0 aromatic heterocycles. The summed E-state index contributed by atoms with van der Waals surface area (Å²) in [5.41, 5.74) is 0.606. The van der Waals surface area contributed by atoms with E-state index in [0.717, 1.165) is 5.56 Å². The van der Waals surface area contributed by atoms with Crippen molar-refractivity contribution in [3.05, 3.63) is 29.2 Å². The molecule has 0 spiro atoms. The maximum absolute atomic E-state index is 9.75. The fourth-order valence-electron chi connectivity index (χ4n) is 2.31. The highest BCUT2D eigenvalue weighted by atomic mass is 16.7. The Hall–Kier alpha value is -1.50. The third-order valence-corrected chi connectivity index (χ3v) is 4.46. The Labute approximate surface area is 138 Å². The number of ether oxygens (including phenoxy) is 2. The van der Waals surface area contributed by atoms with Crippen molar-refractivity contribution in [2.75, 3.05) is 20.8 Å². The van der Waals surface area contributed by atoms with Gasteiger partial charge in [0.1, 0.15) is 11.5 Å². The SMILES string of the molecule is COc1cc(C=C(CO)B2OC(C)(C)C(C)(C)O2)cc(OC)c1. The molecule has 0 radical (unpaired) electrons. The lowest BCUT2D eigenvalue weighted by Gasteiger charge is -2.32. The van der Waals surface area contributed by atoms with Crippen LogP contribution in [0, 0.1) is 0 Å². The van der Waals surface area contributed by atoms with Crippen LogP contribution < -0.4 is 9.47 Å². The van der Waals surface area contributed by atoms with Crippen LogP contribution in [0.15, 0.2) is 23.7 Å². The summed E-state index contributed by atoms with van der Waals surface area (Å²) < 4.78 is 22.5. The molecule has 1 aromatic carbocycles. The van der Waals surface area contributed by atoms with Gasteiger partial charge in [-0.15, -0.1) is 0 Å². The van der Waals surface area contributed by atoms with Crippen LogP contribution in [0.2, 0.25) is 0 Å². The zero-order chi connectivity index (χ0) is 17.3. The van der Waals surface area contributed by atoms with Gasteiger partial charge in [0.25, 0.3) is 0 Å². The van der Waals surface area contributed by atoms with Gasteiger partial charge in [-0.3, -0.25) is 0 Å². The highest BCUT2D eigenvalue weighted by Crippen LogP contribution is 2.39. The maximum atomic E-state index is 9.75. The Bertz CT molecular complexity index is 556. The van der Waals surface area contributed by atoms with Crippen molar-refractivity contribution in [3.8, 4) is 11.5 Å². The second-order valence-corrected chi connectivity index (χ2v) is 6.61. The minimum Gasteiger partial charge on any atom is -0.497 e. The second-order valence-electron chi connectivity index (χ2n) is 6.61. The first-order valence-corrected chi connectivity index (χ1v) is 7.62. The zero-order valence-corrected chi connectivity index (χ0v) is 14.7. The average Bonchev–Trinajstić information content (AvgIpc) is 2.72. The van der Waals surface area contributed by atoms with Gasteiger partial charge in [-0.1, -0.05) is 6.08 Å². The summed E-state index contributed by atoms with van der Waals surface area (Å²) in [6.07, 6.45) is 1.84. The summed E-state index contributed by atoms with van der Waals surface area (Å²) in [6, 6.07) is 5.53. The van der Waals surface area contributed by atoms with E-state index in [0.29, 0.717) is 17.0 Å². The van der Waals surface area contributed by atoms with Gasteiger partial charge in [0.2, 0.25) is 0 Å². The van der Waals surface area contributed by atoms with E-state index in [4.69, 9.17) is 18.8 Å². The molecular weight excluding hydrogens is 295 g/mol. The molecule has 1 saturated heterocycles. The van der Waals surface area contributed by atoms with Gasteiger partial charge < -0.3 is 23.9 Å². The third kappa shape index (κ3) is 3.71. The average molecular weight is 320 g/mol. The zero-order valence-electron chi connectivity index (χ0n) is 14.7. The number of hydrogen-bond acceptors (Lipinski definition) is 5. The molecule has 6 heteroatoms. The van der Waals surface area contributed by atoms with Crippen LogP contribution in [0.25, 0.3) is 6.08 Å². The predicted molar refractivity (Wildman–Crippen MR) is 90.7 cm³/mol. The summed E-state index contributed by atoms with van der Waals surface area (Å²) >= 11 is 0. The molecule has 0 aliphatic carbocycles. The molecule has 1 aliphatic heterocycles. The van der Waals surface area contributed by atoms with E-state index in [1.165, 1.54) is 0 Å². The van der Waals surface area contributed by atoms with Gasteiger partial charge in [-0.05, 0) is 50.9 Å². The molecule has 1 fully saturated rings. The number of hydrogen-bond donors (Lipinski definition) is 1. The number of rotatable bonds is 5. The molecule has 5 nitrogen and oxygen atoms in total. The summed E-state index contributed by atoms with van der Waals surface area (Å²) in [7, 11) is 2.62. The molecule has 23 heavy (non-hydrogen) atoms. The summed E-state index contributed by atoms with van der Waals surface area (Å²) in [4.78, 5) is 0. The molecule has 126 valence electrons. The summed E-state index contributed by atoms with van der Waals surface area (Å²) in [5.74, 6) is 1.36. The Morgan fingerprint density at radius 2 is 1.52 bits per heavy atom. The van der Waals surface area contributed by atoms with Crippen molar-refractivity contribution in [1.82, 2.24) is 0 Å². The maximum Gasteiger partial charge on any atom is 0.492 e. The largest absolute Gasteiger partial charge is 0.497 e. The lowest BCUT2D eigenvalue weighted by molar-refractivity contribution is 0.00578. The Morgan fingerprint density at radius 3 is 1.91 bits per heavy atom. The van der Waals surface area contributed by atoms with Crippen LogP contribution in [0.5, 0.6) is 11.5 Å². The first kappa shape index (κ1) is 17.9. The third-order valence-electron chi connectivity index (χ3n) is 4.46. The van der Waals surface area contributed by atoms with E-state index >= 15 is 0 Å². The van der Waals surface area contributed by atoms with Crippen molar-refractivity contribution >= 4 is 13.2 Å². The Balaban J connectivity index is 2.33. The Kier molecular flexibility index (Phi) is 5.09. The van der Waals surface area contributed by atoms with E-state index in [2.05, 4.69) is 0 Å². The summed E-state index contributed by atoms with van der Waals surface area (Å²) in [6.45, 7) is 7.77. The van der Waals surface area contributed by atoms with E-state index in [9.17, 15) is 5.11 Å². The molecular formula is C17H25BO5. The van der Waals surface area contributed by atoms with Crippen LogP contribution in [0.3, 0.4) is 0 Å². The fraction of sp³-hybridized carbons (Fsp3) is 0.529. The molecule has 0 saturated carbocycles. The molecule has 0 bridgehead atoms. The fourth-order valence-corrected chi connectivity index (χ4v) is 2.31. The number of aliphatic hydroxyl groups excluding tert-OH is 1. The van der Waals surface area contributed by atoms with Crippen molar-refractivity contribution in [2.24, 2.45) is 0 Å². The minimum atomic E-state index is -0.581. The van der Waals surface area contributed by atoms with Crippen molar-refractivity contribution in [3.63, 3.8) is 0 Å². The quantitative estimate of drug-likeness (QED) is 0.846. The van der Waals surface area contributed by atoms with E-state index < -0.39 is 18.3 Å². The van der Waals surface area contributed by atoms with E-state index in [1.54, 1.807) is 20.3 Å². The van der Waals surface area contributed by atoms with Gasteiger partial charge in [-0.2, -0.15) is 0 Å².